The van der Waals surface area contributed by atoms with Gasteiger partial charge in [-0.25, -0.2) is 4.39 Å². The second kappa shape index (κ2) is 7.12. The van der Waals surface area contributed by atoms with Crippen molar-refractivity contribution in [1.82, 2.24) is 5.32 Å². The smallest absolute Gasteiger partial charge is 0.255 e. The molecule has 0 heterocycles. The lowest BCUT2D eigenvalue weighted by Gasteiger charge is -2.15. The van der Waals surface area contributed by atoms with Gasteiger partial charge in [0.05, 0.1) is 5.56 Å². The van der Waals surface area contributed by atoms with Crippen LogP contribution in [0.4, 0.5) is 4.39 Å². The van der Waals surface area contributed by atoms with Crippen molar-refractivity contribution in [3.8, 4) is 5.75 Å². The van der Waals surface area contributed by atoms with Crippen molar-refractivity contribution in [2.75, 3.05) is 0 Å². The monoisotopic (exact) mass is 267 g/mol. The largest absolute Gasteiger partial charge is 0.507 e. The number of carbonyl (C=O) groups is 1. The van der Waals surface area contributed by atoms with Crippen LogP contribution in [0.3, 0.4) is 0 Å². The van der Waals surface area contributed by atoms with Crippen molar-refractivity contribution in [2.24, 2.45) is 5.92 Å². The maximum atomic E-state index is 13.0. The number of nitrogens with one attached hydrogen (secondary N) is 1. The van der Waals surface area contributed by atoms with Crippen LogP contribution in [0.1, 0.15) is 50.4 Å². The Bertz CT molecular complexity index is 432. The highest BCUT2D eigenvalue weighted by atomic mass is 19.1. The predicted molar refractivity (Wildman–Crippen MR) is 73.7 cm³/mol. The third-order valence-corrected chi connectivity index (χ3v) is 3.00. The van der Waals surface area contributed by atoms with Crippen LogP contribution in [0.2, 0.25) is 0 Å². The molecular formula is C15H22FNO2. The first kappa shape index (κ1) is 15.5. The van der Waals surface area contributed by atoms with Crippen molar-refractivity contribution in [3.05, 3.63) is 29.6 Å². The summed E-state index contributed by atoms with van der Waals surface area (Å²) >= 11 is 0. The van der Waals surface area contributed by atoms with Crippen LogP contribution >= 0.6 is 0 Å². The van der Waals surface area contributed by atoms with Crippen molar-refractivity contribution >= 4 is 5.91 Å². The van der Waals surface area contributed by atoms with E-state index in [4.69, 9.17) is 0 Å². The average molecular weight is 267 g/mol. The number of benzene rings is 1. The van der Waals surface area contributed by atoms with Crippen LogP contribution in [0.25, 0.3) is 0 Å². The molecule has 106 valence electrons. The summed E-state index contributed by atoms with van der Waals surface area (Å²) in [6.45, 7) is 6.23. The molecule has 0 aliphatic rings. The lowest BCUT2D eigenvalue weighted by molar-refractivity contribution is 0.0934. The molecule has 4 heteroatoms. The predicted octanol–water partition coefficient (Wildman–Crippen LogP) is 3.48. The summed E-state index contributed by atoms with van der Waals surface area (Å²) in [6.07, 6.45) is 3.03. The van der Waals surface area contributed by atoms with Crippen LogP contribution < -0.4 is 5.32 Å². The summed E-state index contributed by atoms with van der Waals surface area (Å²) in [5.41, 5.74) is -0.0179. The SMILES string of the molecule is CC(C)CCCC(C)NC(=O)c1cc(F)ccc1O. The molecule has 0 radical (unpaired) electrons. The fourth-order valence-electron chi connectivity index (χ4n) is 1.90. The van der Waals surface area contributed by atoms with Crippen molar-refractivity contribution < 1.29 is 14.3 Å². The van der Waals surface area contributed by atoms with E-state index in [9.17, 15) is 14.3 Å². The molecule has 0 saturated heterocycles. The summed E-state index contributed by atoms with van der Waals surface area (Å²) in [5.74, 6) is -0.520. The molecule has 1 unspecified atom stereocenters. The van der Waals surface area contributed by atoms with Gasteiger partial charge in [0.1, 0.15) is 11.6 Å². The third-order valence-electron chi connectivity index (χ3n) is 3.00. The normalized spacial score (nSPS) is 12.5. The van der Waals surface area contributed by atoms with Crippen molar-refractivity contribution in [3.63, 3.8) is 0 Å². The Kier molecular flexibility index (Phi) is 5.80. The zero-order valence-electron chi connectivity index (χ0n) is 11.7. The number of carbonyl (C=O) groups excluding carboxylic acids is 1. The molecule has 0 aromatic heterocycles. The van der Waals surface area contributed by atoms with Crippen LogP contribution in [-0.4, -0.2) is 17.1 Å². The summed E-state index contributed by atoms with van der Waals surface area (Å²) in [4.78, 5) is 11.9. The molecule has 1 rings (SSSR count). The molecule has 0 saturated carbocycles. The molecule has 19 heavy (non-hydrogen) atoms. The number of amides is 1. The first-order valence-corrected chi connectivity index (χ1v) is 6.69. The summed E-state index contributed by atoms with van der Waals surface area (Å²) in [6, 6.07) is 3.37. The fraction of sp³-hybridized carbons (Fsp3) is 0.533. The second-order valence-electron chi connectivity index (χ2n) is 5.36. The number of phenolic OH excluding ortho intramolecular Hbond substituents is 1. The van der Waals surface area contributed by atoms with Crippen molar-refractivity contribution in [2.45, 2.75) is 46.1 Å². The van der Waals surface area contributed by atoms with Crippen LogP contribution in [0.15, 0.2) is 18.2 Å². The van der Waals surface area contributed by atoms with E-state index in [1.54, 1.807) is 0 Å². The first-order valence-electron chi connectivity index (χ1n) is 6.69. The third kappa shape index (κ3) is 5.28. The zero-order chi connectivity index (χ0) is 14.4. The quantitative estimate of drug-likeness (QED) is 0.829. The fourth-order valence-corrected chi connectivity index (χ4v) is 1.90. The minimum atomic E-state index is -0.532. The van der Waals surface area contributed by atoms with E-state index in [0.29, 0.717) is 5.92 Å². The molecular weight excluding hydrogens is 245 g/mol. The molecule has 1 atom stereocenters. The van der Waals surface area contributed by atoms with Gasteiger partial charge in [-0.15, -0.1) is 0 Å². The number of rotatable bonds is 6. The van der Waals surface area contributed by atoms with Gasteiger partial charge < -0.3 is 10.4 Å². The minimum Gasteiger partial charge on any atom is -0.507 e. The van der Waals surface area contributed by atoms with Gasteiger partial charge in [-0.3, -0.25) is 4.79 Å². The molecule has 0 spiro atoms. The molecule has 0 bridgehead atoms. The lowest BCUT2D eigenvalue weighted by atomic mass is 10.0. The topological polar surface area (TPSA) is 49.3 Å². The van der Waals surface area contributed by atoms with Gasteiger partial charge in [-0.1, -0.05) is 26.7 Å². The van der Waals surface area contributed by atoms with Gasteiger partial charge in [-0.2, -0.15) is 0 Å². The maximum absolute atomic E-state index is 13.0. The Labute approximate surface area is 113 Å². The van der Waals surface area contributed by atoms with Crippen LogP contribution in [0.5, 0.6) is 5.75 Å². The van der Waals surface area contributed by atoms with Gasteiger partial charge >= 0.3 is 0 Å². The Morgan fingerprint density at radius 2 is 2.00 bits per heavy atom. The van der Waals surface area contributed by atoms with E-state index < -0.39 is 11.7 Å². The number of hydrogen-bond acceptors (Lipinski definition) is 2. The van der Waals surface area contributed by atoms with E-state index >= 15 is 0 Å². The molecule has 0 aliphatic carbocycles. The number of hydrogen-bond donors (Lipinski definition) is 2. The number of phenols is 1. The second-order valence-corrected chi connectivity index (χ2v) is 5.36. The molecule has 3 nitrogen and oxygen atoms in total. The molecule has 1 amide bonds. The maximum Gasteiger partial charge on any atom is 0.255 e. The van der Waals surface area contributed by atoms with E-state index in [2.05, 4.69) is 19.2 Å². The molecule has 2 N–H and O–H groups in total. The summed E-state index contributed by atoms with van der Waals surface area (Å²) < 4.78 is 13.0. The molecule has 0 fully saturated rings. The van der Waals surface area contributed by atoms with Gasteiger partial charge in [0.15, 0.2) is 0 Å². The van der Waals surface area contributed by atoms with E-state index in [1.165, 1.54) is 6.07 Å². The first-order chi connectivity index (χ1) is 8.90. The van der Waals surface area contributed by atoms with Crippen LogP contribution in [-0.2, 0) is 0 Å². The summed E-state index contributed by atoms with van der Waals surface area (Å²) in [5, 5.41) is 12.3. The van der Waals surface area contributed by atoms with E-state index in [0.717, 1.165) is 31.4 Å². The van der Waals surface area contributed by atoms with E-state index in [1.807, 2.05) is 6.92 Å². The minimum absolute atomic E-state index is 0.00826. The standard InChI is InChI=1S/C15H22FNO2/c1-10(2)5-4-6-11(3)17-15(19)13-9-12(16)7-8-14(13)18/h7-11,18H,4-6H2,1-3H3,(H,17,19). The Balaban J connectivity index is 2.52. The van der Waals surface area contributed by atoms with Gasteiger partial charge in [0, 0.05) is 6.04 Å². The molecule has 0 aliphatic heterocycles. The Morgan fingerprint density at radius 3 is 2.63 bits per heavy atom. The summed E-state index contributed by atoms with van der Waals surface area (Å²) in [7, 11) is 0. The van der Waals surface area contributed by atoms with Crippen LogP contribution in [0, 0.1) is 11.7 Å². The van der Waals surface area contributed by atoms with Crippen molar-refractivity contribution in [1.29, 1.82) is 0 Å². The average Bonchev–Trinajstić information content (AvgIpc) is 2.31. The Morgan fingerprint density at radius 1 is 1.32 bits per heavy atom. The molecule has 1 aromatic carbocycles. The number of halogens is 1. The molecule has 1 aromatic rings. The van der Waals surface area contributed by atoms with E-state index in [-0.39, 0.29) is 17.4 Å². The van der Waals surface area contributed by atoms with Gasteiger partial charge in [0.25, 0.3) is 5.91 Å². The van der Waals surface area contributed by atoms with Gasteiger partial charge in [-0.05, 0) is 37.5 Å². The highest BCUT2D eigenvalue weighted by Crippen LogP contribution is 2.18. The highest BCUT2D eigenvalue weighted by molar-refractivity contribution is 5.96. The lowest BCUT2D eigenvalue weighted by Crippen LogP contribution is -2.32. The Hall–Kier alpha value is -1.58. The number of aromatic hydroxyl groups is 1. The highest BCUT2D eigenvalue weighted by Gasteiger charge is 2.14. The van der Waals surface area contributed by atoms with Gasteiger partial charge in [0.2, 0.25) is 0 Å². The zero-order valence-corrected chi connectivity index (χ0v) is 11.7.